The maximum absolute atomic E-state index is 3.79. The molecule has 2 aliphatic rings. The van der Waals surface area contributed by atoms with Gasteiger partial charge in [0.15, 0.2) is 0 Å². The molecular formula is C18H25ClN2S. The average Bonchev–Trinajstić information content (AvgIpc) is 2.96. The number of H-pyrrole nitrogens is 1. The first-order valence-corrected chi connectivity index (χ1v) is 9.30. The molecule has 120 valence electrons. The fourth-order valence-electron chi connectivity index (χ4n) is 4.57. The lowest BCUT2D eigenvalue weighted by Gasteiger charge is -2.29. The smallest absolute Gasteiger partial charge is 0.137 e. The maximum atomic E-state index is 3.79. The fourth-order valence-corrected chi connectivity index (χ4v) is 5.87. The quantitative estimate of drug-likeness (QED) is 0.802. The normalized spacial score (nSPS) is 30.5. The van der Waals surface area contributed by atoms with Crippen LogP contribution >= 0.6 is 11.8 Å². The van der Waals surface area contributed by atoms with Gasteiger partial charge in [-0.05, 0) is 19.4 Å². The Morgan fingerprint density at radius 2 is 2.18 bits per heavy atom. The molecule has 2 N–H and O–H groups in total. The van der Waals surface area contributed by atoms with E-state index >= 15 is 0 Å². The van der Waals surface area contributed by atoms with Gasteiger partial charge >= 0.3 is 0 Å². The van der Waals surface area contributed by atoms with Gasteiger partial charge in [0.2, 0.25) is 0 Å². The maximum Gasteiger partial charge on any atom is 0.137 e. The molecule has 1 fully saturated rings. The minimum Gasteiger partial charge on any atom is -1.00 e. The lowest BCUT2D eigenvalue weighted by Crippen LogP contribution is -3.16. The number of aromatic amines is 1. The van der Waals surface area contributed by atoms with Gasteiger partial charge in [0, 0.05) is 33.9 Å². The van der Waals surface area contributed by atoms with Gasteiger partial charge in [0.1, 0.15) is 5.54 Å². The van der Waals surface area contributed by atoms with E-state index in [0.717, 1.165) is 5.92 Å². The predicted molar refractivity (Wildman–Crippen MR) is 90.1 cm³/mol. The third-order valence-corrected chi connectivity index (χ3v) is 6.69. The minimum absolute atomic E-state index is 0. The highest BCUT2D eigenvalue weighted by Crippen LogP contribution is 2.42. The summed E-state index contributed by atoms with van der Waals surface area (Å²) < 4.78 is 0. The minimum atomic E-state index is 0. The molecule has 1 saturated heterocycles. The van der Waals surface area contributed by atoms with E-state index in [9.17, 15) is 0 Å². The SMILES string of the molecule is CCCC1C[NH+]2CCSc3c([nH]c4ccccc34)C2(C)C1.[Cl-]. The number of fused-ring (bicyclic) bond motifs is 5. The van der Waals surface area contributed by atoms with E-state index < -0.39 is 0 Å². The zero-order chi connectivity index (χ0) is 14.4. The van der Waals surface area contributed by atoms with Crippen LogP contribution in [0.5, 0.6) is 0 Å². The van der Waals surface area contributed by atoms with E-state index in [1.165, 1.54) is 59.6 Å². The van der Waals surface area contributed by atoms with Crippen molar-refractivity contribution in [3.8, 4) is 0 Å². The van der Waals surface area contributed by atoms with Crippen molar-refractivity contribution >= 4 is 22.7 Å². The van der Waals surface area contributed by atoms with E-state index in [4.69, 9.17) is 0 Å². The molecular weight excluding hydrogens is 312 g/mol. The van der Waals surface area contributed by atoms with Crippen LogP contribution in [0.25, 0.3) is 10.9 Å². The average molecular weight is 337 g/mol. The molecule has 4 rings (SSSR count). The van der Waals surface area contributed by atoms with Crippen LogP contribution in [0.3, 0.4) is 0 Å². The number of thioether (sulfide) groups is 1. The summed E-state index contributed by atoms with van der Waals surface area (Å²) in [7, 11) is 0. The molecule has 0 radical (unpaired) electrons. The fraction of sp³-hybridized carbons (Fsp3) is 0.556. The van der Waals surface area contributed by atoms with Crippen LogP contribution in [0.4, 0.5) is 0 Å². The third-order valence-electron chi connectivity index (χ3n) is 5.57. The van der Waals surface area contributed by atoms with E-state index in [0.29, 0.717) is 0 Å². The molecule has 2 aliphatic heterocycles. The van der Waals surface area contributed by atoms with E-state index in [1.54, 1.807) is 4.90 Å². The molecule has 0 amide bonds. The molecule has 4 heteroatoms. The van der Waals surface area contributed by atoms with Gasteiger partial charge in [-0.3, -0.25) is 0 Å². The molecule has 22 heavy (non-hydrogen) atoms. The standard InChI is InChI=1S/C18H24N2S.ClH/c1-3-6-13-11-18(2)17-16(21-10-9-20(18)12-13)14-7-4-5-8-15(14)19-17;/h4-5,7-8,13,19H,3,6,9-12H2,1-2H3;1H. The topological polar surface area (TPSA) is 20.2 Å². The van der Waals surface area contributed by atoms with Crippen molar-refractivity contribution in [2.45, 2.75) is 43.5 Å². The van der Waals surface area contributed by atoms with Crippen LogP contribution < -0.4 is 17.3 Å². The number of hydrogen-bond acceptors (Lipinski definition) is 1. The van der Waals surface area contributed by atoms with E-state index in [1.807, 2.05) is 0 Å². The molecule has 0 aliphatic carbocycles. The summed E-state index contributed by atoms with van der Waals surface area (Å²) in [4.78, 5) is 7.12. The van der Waals surface area contributed by atoms with Crippen molar-refractivity contribution in [2.75, 3.05) is 18.8 Å². The Hall–Kier alpha value is -0.640. The number of aromatic nitrogens is 1. The molecule has 2 nitrogen and oxygen atoms in total. The highest BCUT2D eigenvalue weighted by Gasteiger charge is 2.50. The molecule has 1 aromatic heterocycles. The van der Waals surface area contributed by atoms with Crippen LogP contribution in [0.15, 0.2) is 29.2 Å². The summed E-state index contributed by atoms with van der Waals surface area (Å²) in [5.41, 5.74) is 3.12. The van der Waals surface area contributed by atoms with Gasteiger partial charge in [0.05, 0.1) is 18.8 Å². The Morgan fingerprint density at radius 1 is 1.36 bits per heavy atom. The Bertz CT molecular complexity index is 668. The lowest BCUT2D eigenvalue weighted by molar-refractivity contribution is -0.944. The molecule has 3 atom stereocenters. The number of quaternary nitrogens is 1. The Kier molecular flexibility index (Phi) is 4.50. The monoisotopic (exact) mass is 336 g/mol. The Labute approximate surface area is 143 Å². The zero-order valence-electron chi connectivity index (χ0n) is 13.4. The number of halogens is 1. The second-order valence-electron chi connectivity index (χ2n) is 6.97. The van der Waals surface area contributed by atoms with E-state index in [-0.39, 0.29) is 17.9 Å². The van der Waals surface area contributed by atoms with Crippen LogP contribution in [0, 0.1) is 5.92 Å². The van der Waals surface area contributed by atoms with Crippen LogP contribution in [-0.4, -0.2) is 23.8 Å². The summed E-state index contributed by atoms with van der Waals surface area (Å²) in [5.74, 6) is 2.15. The number of nitrogens with one attached hydrogen (secondary N) is 2. The first kappa shape index (κ1) is 16.2. The molecule has 3 unspecified atom stereocenters. The highest BCUT2D eigenvalue weighted by atomic mass is 35.5. The zero-order valence-corrected chi connectivity index (χ0v) is 15.0. The van der Waals surface area contributed by atoms with Crippen LogP contribution in [-0.2, 0) is 5.54 Å². The second kappa shape index (κ2) is 6.10. The molecule has 0 bridgehead atoms. The number of para-hydroxylation sites is 1. The lowest BCUT2D eigenvalue weighted by atomic mass is 9.89. The van der Waals surface area contributed by atoms with Crippen molar-refractivity contribution in [2.24, 2.45) is 5.92 Å². The molecule has 2 aromatic rings. The third kappa shape index (κ3) is 2.38. The van der Waals surface area contributed by atoms with Crippen molar-refractivity contribution < 1.29 is 17.3 Å². The van der Waals surface area contributed by atoms with Crippen molar-refractivity contribution in [1.29, 1.82) is 0 Å². The second-order valence-corrected chi connectivity index (χ2v) is 8.08. The van der Waals surface area contributed by atoms with Gasteiger partial charge < -0.3 is 22.3 Å². The molecule has 3 heterocycles. The van der Waals surface area contributed by atoms with Gasteiger partial charge in [0.25, 0.3) is 0 Å². The first-order valence-electron chi connectivity index (χ1n) is 8.31. The Balaban J connectivity index is 0.00000144. The van der Waals surface area contributed by atoms with Gasteiger partial charge in [-0.15, -0.1) is 11.8 Å². The number of benzene rings is 1. The summed E-state index contributed by atoms with van der Waals surface area (Å²) in [5, 5.41) is 1.43. The summed E-state index contributed by atoms with van der Waals surface area (Å²) in [6.45, 7) is 7.49. The molecule has 0 saturated carbocycles. The van der Waals surface area contributed by atoms with Gasteiger partial charge in [-0.25, -0.2) is 0 Å². The first-order chi connectivity index (χ1) is 10.2. The Morgan fingerprint density at radius 3 is 3.00 bits per heavy atom. The van der Waals surface area contributed by atoms with E-state index in [2.05, 4.69) is 54.9 Å². The number of hydrogen-bond donors (Lipinski definition) is 2. The van der Waals surface area contributed by atoms with Crippen LogP contribution in [0.1, 0.15) is 38.8 Å². The molecule has 1 aromatic carbocycles. The van der Waals surface area contributed by atoms with Crippen molar-refractivity contribution in [3.63, 3.8) is 0 Å². The predicted octanol–water partition coefficient (Wildman–Crippen LogP) is 0.198. The van der Waals surface area contributed by atoms with Crippen molar-refractivity contribution in [3.05, 3.63) is 30.0 Å². The van der Waals surface area contributed by atoms with Crippen LogP contribution in [0.2, 0.25) is 0 Å². The summed E-state index contributed by atoms with van der Waals surface area (Å²) >= 11 is 2.06. The van der Waals surface area contributed by atoms with Gasteiger partial charge in [-0.1, -0.05) is 31.5 Å². The van der Waals surface area contributed by atoms with Crippen molar-refractivity contribution in [1.82, 2.24) is 4.98 Å². The number of rotatable bonds is 2. The largest absolute Gasteiger partial charge is 1.00 e. The summed E-state index contributed by atoms with van der Waals surface area (Å²) in [6, 6.07) is 8.82. The van der Waals surface area contributed by atoms with Gasteiger partial charge in [-0.2, -0.15) is 0 Å². The molecule has 0 spiro atoms. The summed E-state index contributed by atoms with van der Waals surface area (Å²) in [6.07, 6.45) is 4.06. The highest BCUT2D eigenvalue weighted by molar-refractivity contribution is 7.99.